The van der Waals surface area contributed by atoms with Crippen molar-refractivity contribution >= 4 is 16.9 Å². The van der Waals surface area contributed by atoms with Gasteiger partial charge in [-0.05, 0) is 41.0 Å². The number of nitrogens with one attached hydrogen (secondary N) is 1. The van der Waals surface area contributed by atoms with E-state index in [1.165, 1.54) is 0 Å². The highest BCUT2D eigenvalue weighted by atomic mass is 16.3. The highest BCUT2D eigenvalue weighted by Crippen LogP contribution is 2.25. The van der Waals surface area contributed by atoms with Gasteiger partial charge >= 0.3 is 0 Å². The monoisotopic (exact) mass is 387 g/mol. The fourth-order valence-corrected chi connectivity index (χ4v) is 3.25. The Hall–Kier alpha value is -4.13. The Morgan fingerprint density at radius 2 is 1.76 bits per heavy atom. The summed E-state index contributed by atoms with van der Waals surface area (Å²) in [4.78, 5) is 30.4. The second-order valence-corrected chi connectivity index (χ2v) is 6.66. The fourth-order valence-electron chi connectivity index (χ4n) is 3.25. The summed E-state index contributed by atoms with van der Waals surface area (Å²) in [6.45, 7) is 0. The first kappa shape index (κ1) is 18.2. The van der Waals surface area contributed by atoms with Crippen molar-refractivity contribution in [3.8, 4) is 22.6 Å². The summed E-state index contributed by atoms with van der Waals surface area (Å²) < 4.78 is 0. The van der Waals surface area contributed by atoms with Crippen LogP contribution in [0.4, 0.5) is 0 Å². The van der Waals surface area contributed by atoms with Crippen LogP contribution in [0.3, 0.4) is 0 Å². The number of H-pyrrole nitrogens is 1. The number of pyridine rings is 2. The fraction of sp³-hybridized carbons (Fsp3) is 0.0455. The summed E-state index contributed by atoms with van der Waals surface area (Å²) in [5.41, 5.74) is 8.32. The summed E-state index contributed by atoms with van der Waals surface area (Å²) in [7, 11) is 0. The highest BCUT2D eigenvalue weighted by molar-refractivity contribution is 6.06. The third kappa shape index (κ3) is 3.53. The van der Waals surface area contributed by atoms with Crippen molar-refractivity contribution < 1.29 is 15.0 Å². The largest absolute Gasteiger partial charge is 0.508 e. The van der Waals surface area contributed by atoms with Crippen LogP contribution in [0.5, 0.6) is 11.5 Å². The third-order valence-electron chi connectivity index (χ3n) is 4.65. The number of fused-ring (bicyclic) bond motifs is 1. The molecule has 4 rings (SSSR count). The molecule has 2 heterocycles. The van der Waals surface area contributed by atoms with E-state index in [4.69, 9.17) is 5.73 Å². The zero-order valence-corrected chi connectivity index (χ0v) is 15.2. The number of hydrogen-bond acceptors (Lipinski definition) is 5. The van der Waals surface area contributed by atoms with Crippen LogP contribution >= 0.6 is 0 Å². The number of carbonyl (C=O) groups excluding carboxylic acids is 1. The summed E-state index contributed by atoms with van der Waals surface area (Å²) in [5, 5.41) is 19.4. The van der Waals surface area contributed by atoms with E-state index in [1.54, 1.807) is 24.3 Å². The number of hydrogen-bond donors (Lipinski definition) is 4. The molecule has 0 saturated carbocycles. The molecule has 7 nitrogen and oxygen atoms in total. The number of benzene rings is 2. The third-order valence-corrected chi connectivity index (χ3v) is 4.65. The number of nitrogens with zero attached hydrogens (tertiary/aromatic N) is 1. The van der Waals surface area contributed by atoms with E-state index in [1.807, 2.05) is 36.4 Å². The van der Waals surface area contributed by atoms with Gasteiger partial charge in [0.25, 0.3) is 11.5 Å². The van der Waals surface area contributed by atoms with Crippen molar-refractivity contribution in [3.05, 3.63) is 87.8 Å². The number of aromatic hydroxyl groups is 2. The van der Waals surface area contributed by atoms with E-state index in [9.17, 15) is 19.8 Å². The van der Waals surface area contributed by atoms with Gasteiger partial charge in [-0.3, -0.25) is 9.59 Å². The number of carbonyl (C=O) groups is 1. The van der Waals surface area contributed by atoms with E-state index in [2.05, 4.69) is 9.97 Å². The maximum Gasteiger partial charge on any atom is 0.291 e. The highest BCUT2D eigenvalue weighted by Gasteiger charge is 2.18. The van der Waals surface area contributed by atoms with Gasteiger partial charge in [-0.2, -0.15) is 0 Å². The van der Waals surface area contributed by atoms with Crippen molar-refractivity contribution in [2.75, 3.05) is 0 Å². The molecule has 0 fully saturated rings. The molecule has 29 heavy (non-hydrogen) atoms. The minimum absolute atomic E-state index is 0.154. The number of primary amides is 1. The van der Waals surface area contributed by atoms with Gasteiger partial charge in [-0.15, -0.1) is 0 Å². The Balaban J connectivity index is 1.73. The van der Waals surface area contributed by atoms with Crippen LogP contribution in [0.15, 0.2) is 65.5 Å². The average molecular weight is 387 g/mol. The quantitative estimate of drug-likeness (QED) is 0.428. The molecule has 5 N–H and O–H groups in total. The van der Waals surface area contributed by atoms with E-state index >= 15 is 0 Å². The Bertz CT molecular complexity index is 1290. The lowest BCUT2D eigenvalue weighted by atomic mass is 10.0. The molecule has 0 bridgehead atoms. The second-order valence-electron chi connectivity index (χ2n) is 6.66. The standard InChI is InChI=1S/C22H17N3O4/c23-21(28)18-19-17(25-22(29)20(18)27)9-6-15(24-19)11-12-2-1-3-14(10-12)13-4-7-16(26)8-5-13/h1-10,26-27H,11H2,(H2,23,28)(H,25,29). The predicted octanol–water partition coefficient (Wildman–Crippen LogP) is 2.69. The van der Waals surface area contributed by atoms with Gasteiger partial charge in [0.1, 0.15) is 16.8 Å². The van der Waals surface area contributed by atoms with Crippen LogP contribution in [0.1, 0.15) is 21.6 Å². The van der Waals surface area contributed by atoms with Crippen molar-refractivity contribution in [1.82, 2.24) is 9.97 Å². The van der Waals surface area contributed by atoms with Crippen molar-refractivity contribution in [3.63, 3.8) is 0 Å². The van der Waals surface area contributed by atoms with Crippen molar-refractivity contribution in [2.45, 2.75) is 6.42 Å². The molecular weight excluding hydrogens is 370 g/mol. The molecule has 0 saturated heterocycles. The minimum atomic E-state index is -0.919. The normalized spacial score (nSPS) is 10.9. The minimum Gasteiger partial charge on any atom is -0.508 e. The van der Waals surface area contributed by atoms with Crippen LogP contribution in [0.2, 0.25) is 0 Å². The molecule has 0 aliphatic carbocycles. The number of aromatic amines is 1. The Morgan fingerprint density at radius 1 is 1.00 bits per heavy atom. The van der Waals surface area contributed by atoms with Crippen LogP contribution in [0, 0.1) is 0 Å². The summed E-state index contributed by atoms with van der Waals surface area (Å²) >= 11 is 0. The maximum absolute atomic E-state index is 11.8. The lowest BCUT2D eigenvalue weighted by Gasteiger charge is -2.09. The topological polar surface area (TPSA) is 129 Å². The van der Waals surface area contributed by atoms with Gasteiger partial charge in [-0.25, -0.2) is 4.98 Å². The molecule has 0 aliphatic heterocycles. The van der Waals surface area contributed by atoms with E-state index < -0.39 is 17.2 Å². The Kier molecular flexibility index (Phi) is 4.48. The van der Waals surface area contributed by atoms with Crippen LogP contribution in [0.25, 0.3) is 22.2 Å². The second kappa shape index (κ2) is 7.12. The number of phenolic OH excluding ortho intramolecular Hbond substituents is 1. The SMILES string of the molecule is NC(=O)c1c(O)c(=O)[nH]c2ccc(Cc3cccc(-c4ccc(O)cc4)c3)nc12. The number of nitrogens with two attached hydrogens (primary N) is 1. The van der Waals surface area contributed by atoms with Gasteiger partial charge in [0.05, 0.1) is 5.52 Å². The smallest absolute Gasteiger partial charge is 0.291 e. The first-order valence-electron chi connectivity index (χ1n) is 8.85. The molecule has 7 heteroatoms. The summed E-state index contributed by atoms with van der Waals surface area (Å²) in [6.07, 6.45) is 0.472. The van der Waals surface area contributed by atoms with Gasteiger partial charge in [-0.1, -0.05) is 36.4 Å². The van der Waals surface area contributed by atoms with Gasteiger partial charge in [0, 0.05) is 12.1 Å². The van der Waals surface area contributed by atoms with Crippen molar-refractivity contribution in [2.24, 2.45) is 5.73 Å². The molecule has 2 aromatic heterocycles. The number of phenols is 1. The predicted molar refractivity (Wildman–Crippen MR) is 109 cm³/mol. The molecule has 0 atom stereocenters. The first-order valence-corrected chi connectivity index (χ1v) is 8.85. The molecule has 0 aliphatic rings. The Morgan fingerprint density at radius 3 is 2.48 bits per heavy atom. The Labute approximate surface area is 165 Å². The lowest BCUT2D eigenvalue weighted by Crippen LogP contribution is -2.18. The molecule has 4 aromatic rings. The zero-order chi connectivity index (χ0) is 20.5. The van der Waals surface area contributed by atoms with E-state index in [0.717, 1.165) is 16.7 Å². The van der Waals surface area contributed by atoms with Crippen LogP contribution < -0.4 is 11.3 Å². The first-order chi connectivity index (χ1) is 13.9. The van der Waals surface area contributed by atoms with E-state index in [-0.39, 0.29) is 16.8 Å². The number of aromatic nitrogens is 2. The molecule has 0 radical (unpaired) electrons. The molecular formula is C22H17N3O4. The summed E-state index contributed by atoms with van der Waals surface area (Å²) in [5.74, 6) is -1.45. The van der Waals surface area contributed by atoms with Crippen LogP contribution in [-0.2, 0) is 6.42 Å². The zero-order valence-electron chi connectivity index (χ0n) is 15.2. The van der Waals surface area contributed by atoms with Gasteiger partial charge < -0.3 is 20.9 Å². The molecule has 144 valence electrons. The molecule has 2 aromatic carbocycles. The van der Waals surface area contributed by atoms with E-state index in [0.29, 0.717) is 17.6 Å². The van der Waals surface area contributed by atoms with Crippen molar-refractivity contribution in [1.29, 1.82) is 0 Å². The molecule has 0 unspecified atom stereocenters. The molecule has 1 amide bonds. The number of rotatable bonds is 4. The molecule has 0 spiro atoms. The number of amides is 1. The van der Waals surface area contributed by atoms with Gasteiger partial charge in [0.2, 0.25) is 0 Å². The average Bonchev–Trinajstić information content (AvgIpc) is 2.70. The van der Waals surface area contributed by atoms with Crippen LogP contribution in [-0.4, -0.2) is 26.1 Å². The lowest BCUT2D eigenvalue weighted by molar-refractivity contribution is 0.0999. The van der Waals surface area contributed by atoms with Gasteiger partial charge in [0.15, 0.2) is 5.75 Å². The summed E-state index contributed by atoms with van der Waals surface area (Å²) in [6, 6.07) is 18.2. The maximum atomic E-state index is 11.8.